The van der Waals surface area contributed by atoms with E-state index in [1.807, 2.05) is 0 Å². The van der Waals surface area contributed by atoms with E-state index >= 15 is 0 Å². The zero-order valence-corrected chi connectivity index (χ0v) is 4.98. The third-order valence-electron chi connectivity index (χ3n) is 0.709. The van der Waals surface area contributed by atoms with Gasteiger partial charge in [0.1, 0.15) is 0 Å². The first-order valence-electron chi connectivity index (χ1n) is 2.62. The lowest BCUT2D eigenvalue weighted by Crippen LogP contribution is -2.21. The van der Waals surface area contributed by atoms with Crippen LogP contribution >= 0.6 is 0 Å². The van der Waals surface area contributed by atoms with Crippen LogP contribution in [0.1, 0.15) is 13.3 Å². The molecule has 0 aromatic rings. The van der Waals surface area contributed by atoms with Gasteiger partial charge in [0.25, 0.3) is 0 Å². The molecule has 0 spiro atoms. The number of carbonyl (C=O) groups excluding carboxylic acids is 1. The molecule has 0 rings (SSSR count). The van der Waals surface area contributed by atoms with E-state index in [1.165, 1.54) is 6.92 Å². The molecule has 2 N–H and O–H groups in total. The number of aliphatic hydroxyl groups is 1. The summed E-state index contributed by atoms with van der Waals surface area (Å²) in [5.41, 5.74) is 0. The van der Waals surface area contributed by atoms with Crippen molar-refractivity contribution in [1.82, 2.24) is 5.32 Å². The Hall–Kier alpha value is -0.570. The summed E-state index contributed by atoms with van der Waals surface area (Å²) >= 11 is 0. The predicted octanol–water partition coefficient (Wildman–Crippen LogP) is -0.495. The molecule has 0 aliphatic rings. The van der Waals surface area contributed by atoms with Gasteiger partial charge in [-0.1, -0.05) is 0 Å². The molecular weight excluding hydrogens is 106 g/mol. The monoisotopic (exact) mass is 117 g/mol. The van der Waals surface area contributed by atoms with Crippen LogP contribution < -0.4 is 5.32 Å². The molecule has 0 fully saturated rings. The molecule has 0 aromatic carbocycles. The van der Waals surface area contributed by atoms with E-state index in [2.05, 4.69) is 5.32 Å². The predicted molar refractivity (Wildman–Crippen MR) is 30.4 cm³/mol. The van der Waals surface area contributed by atoms with Gasteiger partial charge in [0.05, 0.1) is 0 Å². The Kier molecular flexibility index (Phi) is 4.26. The highest BCUT2D eigenvalue weighted by molar-refractivity contribution is 5.72. The molecule has 0 heterocycles. The zero-order valence-electron chi connectivity index (χ0n) is 4.98. The molecule has 0 aliphatic heterocycles. The summed E-state index contributed by atoms with van der Waals surface area (Å²) in [7, 11) is 0. The van der Waals surface area contributed by atoms with E-state index in [4.69, 9.17) is 5.11 Å². The highest BCUT2D eigenvalue weighted by Gasteiger charge is 1.86. The minimum absolute atomic E-state index is 0.0431. The van der Waals surface area contributed by atoms with Crippen LogP contribution in [0.25, 0.3) is 0 Å². The molecular formula is C5H11NO2. The molecule has 0 unspecified atom stereocenters. The third-order valence-corrected chi connectivity index (χ3v) is 0.709. The van der Waals surface area contributed by atoms with Crippen molar-refractivity contribution < 1.29 is 9.90 Å². The molecule has 3 heteroatoms. The van der Waals surface area contributed by atoms with E-state index in [1.54, 1.807) is 0 Å². The van der Waals surface area contributed by atoms with E-state index in [0.29, 0.717) is 13.0 Å². The number of nitrogens with one attached hydrogen (secondary N) is 1. The summed E-state index contributed by atoms with van der Waals surface area (Å²) in [4.78, 5) is 10.1. The summed E-state index contributed by atoms with van der Waals surface area (Å²) in [5.74, 6) is -0.0431. The smallest absolute Gasteiger partial charge is 0.216 e. The van der Waals surface area contributed by atoms with Gasteiger partial charge in [0, 0.05) is 20.1 Å². The van der Waals surface area contributed by atoms with Crippen molar-refractivity contribution in [2.24, 2.45) is 0 Å². The lowest BCUT2D eigenvalue weighted by atomic mass is 10.4. The molecule has 0 atom stereocenters. The SMILES string of the molecule is CC(=O)NCCCO. The number of rotatable bonds is 3. The molecule has 0 aliphatic carbocycles. The summed E-state index contributed by atoms with van der Waals surface area (Å²) in [6.07, 6.45) is 0.638. The molecule has 48 valence electrons. The van der Waals surface area contributed by atoms with Crippen LogP contribution in [-0.4, -0.2) is 24.2 Å². The number of amides is 1. The first kappa shape index (κ1) is 7.43. The fourth-order valence-electron chi connectivity index (χ4n) is 0.343. The second-order valence-corrected chi connectivity index (χ2v) is 1.56. The highest BCUT2D eigenvalue weighted by atomic mass is 16.3. The topological polar surface area (TPSA) is 49.3 Å². The second-order valence-electron chi connectivity index (χ2n) is 1.56. The standard InChI is InChI=1S/C5H11NO2/c1-5(8)6-3-2-4-7/h7H,2-4H2,1H3,(H,6,8). The first-order chi connectivity index (χ1) is 3.77. The minimum atomic E-state index is -0.0431. The fourth-order valence-corrected chi connectivity index (χ4v) is 0.343. The molecule has 8 heavy (non-hydrogen) atoms. The van der Waals surface area contributed by atoms with Crippen LogP contribution in [0.3, 0.4) is 0 Å². The van der Waals surface area contributed by atoms with Gasteiger partial charge >= 0.3 is 0 Å². The Balaban J connectivity index is 2.82. The zero-order chi connectivity index (χ0) is 6.41. The van der Waals surface area contributed by atoms with Crippen molar-refractivity contribution in [1.29, 1.82) is 0 Å². The van der Waals surface area contributed by atoms with Crippen molar-refractivity contribution in [3.63, 3.8) is 0 Å². The molecule has 0 aromatic heterocycles. The van der Waals surface area contributed by atoms with Crippen LogP contribution in [0, 0.1) is 0 Å². The van der Waals surface area contributed by atoms with Gasteiger partial charge in [0.2, 0.25) is 5.91 Å². The van der Waals surface area contributed by atoms with E-state index in [-0.39, 0.29) is 12.5 Å². The fraction of sp³-hybridized carbons (Fsp3) is 0.800. The number of aliphatic hydroxyl groups excluding tert-OH is 1. The van der Waals surface area contributed by atoms with E-state index in [0.717, 1.165) is 0 Å². The largest absolute Gasteiger partial charge is 0.396 e. The lowest BCUT2D eigenvalue weighted by Gasteiger charge is -1.96. The number of carbonyl (C=O) groups is 1. The maximum absolute atomic E-state index is 10.1. The Morgan fingerprint density at radius 2 is 2.38 bits per heavy atom. The Bertz CT molecular complexity index is 72.8. The first-order valence-corrected chi connectivity index (χ1v) is 2.62. The van der Waals surface area contributed by atoms with Gasteiger partial charge < -0.3 is 10.4 Å². The molecule has 0 saturated carbocycles. The van der Waals surface area contributed by atoms with Gasteiger partial charge in [-0.05, 0) is 6.42 Å². The summed E-state index contributed by atoms with van der Waals surface area (Å²) in [6.45, 7) is 2.17. The van der Waals surface area contributed by atoms with Crippen molar-refractivity contribution in [3.8, 4) is 0 Å². The summed E-state index contributed by atoms with van der Waals surface area (Å²) < 4.78 is 0. The molecule has 1 amide bonds. The van der Waals surface area contributed by atoms with Crippen LogP contribution in [0.4, 0.5) is 0 Å². The third kappa shape index (κ3) is 5.43. The maximum Gasteiger partial charge on any atom is 0.216 e. The molecule has 0 bridgehead atoms. The molecule has 0 radical (unpaired) electrons. The summed E-state index contributed by atoms with van der Waals surface area (Å²) in [5, 5.41) is 10.8. The van der Waals surface area contributed by atoms with Crippen molar-refractivity contribution in [2.75, 3.05) is 13.2 Å². The molecule has 0 saturated heterocycles. The Labute approximate surface area is 48.7 Å². The molecule has 3 nitrogen and oxygen atoms in total. The van der Waals surface area contributed by atoms with Crippen LogP contribution in [0.15, 0.2) is 0 Å². The minimum Gasteiger partial charge on any atom is -0.396 e. The second kappa shape index (κ2) is 4.59. The van der Waals surface area contributed by atoms with Crippen LogP contribution in [-0.2, 0) is 4.79 Å². The normalized spacial score (nSPS) is 8.75. The average Bonchev–Trinajstić information content (AvgIpc) is 1.66. The number of hydrogen-bond donors (Lipinski definition) is 2. The maximum atomic E-state index is 10.1. The van der Waals surface area contributed by atoms with E-state index in [9.17, 15) is 4.79 Å². The van der Waals surface area contributed by atoms with Gasteiger partial charge in [-0.25, -0.2) is 0 Å². The van der Waals surface area contributed by atoms with Crippen molar-refractivity contribution in [2.45, 2.75) is 13.3 Å². The van der Waals surface area contributed by atoms with Gasteiger partial charge in [0.15, 0.2) is 0 Å². The lowest BCUT2D eigenvalue weighted by molar-refractivity contribution is -0.118. The Morgan fingerprint density at radius 3 is 2.75 bits per heavy atom. The van der Waals surface area contributed by atoms with Gasteiger partial charge in [-0.2, -0.15) is 0 Å². The van der Waals surface area contributed by atoms with Gasteiger partial charge in [-0.15, -0.1) is 0 Å². The van der Waals surface area contributed by atoms with Crippen molar-refractivity contribution in [3.05, 3.63) is 0 Å². The number of hydrogen-bond acceptors (Lipinski definition) is 2. The van der Waals surface area contributed by atoms with Crippen LogP contribution in [0.5, 0.6) is 0 Å². The van der Waals surface area contributed by atoms with E-state index < -0.39 is 0 Å². The van der Waals surface area contributed by atoms with Gasteiger partial charge in [-0.3, -0.25) is 4.79 Å². The average molecular weight is 117 g/mol. The van der Waals surface area contributed by atoms with Crippen molar-refractivity contribution >= 4 is 5.91 Å². The highest BCUT2D eigenvalue weighted by Crippen LogP contribution is 1.70. The summed E-state index contributed by atoms with van der Waals surface area (Å²) in [6, 6.07) is 0. The Morgan fingerprint density at radius 1 is 1.75 bits per heavy atom. The van der Waals surface area contributed by atoms with Crippen LogP contribution in [0.2, 0.25) is 0 Å². The quantitative estimate of drug-likeness (QED) is 0.490.